The molecule has 0 spiro atoms. The molecule has 0 aromatic heterocycles. The monoisotopic (exact) mass is 217 g/mol. The molecule has 0 unspecified atom stereocenters. The summed E-state index contributed by atoms with van der Waals surface area (Å²) in [6, 6.07) is 2.96. The third kappa shape index (κ3) is 2.21. The van der Waals surface area contributed by atoms with Gasteiger partial charge in [-0.3, -0.25) is 4.79 Å². The fourth-order valence-corrected chi connectivity index (χ4v) is 1.09. The van der Waals surface area contributed by atoms with E-state index in [9.17, 15) is 9.18 Å². The Kier molecular flexibility index (Phi) is 3.43. The Labute approximate surface area is 85.6 Å². The Morgan fingerprint density at radius 2 is 2.29 bits per heavy atom. The zero-order chi connectivity index (χ0) is 10.7. The highest BCUT2D eigenvalue weighted by Gasteiger charge is 2.17. The lowest BCUT2D eigenvalue weighted by atomic mass is 10.1. The van der Waals surface area contributed by atoms with Gasteiger partial charge in [0.2, 0.25) is 0 Å². The Morgan fingerprint density at radius 1 is 1.64 bits per heavy atom. The summed E-state index contributed by atoms with van der Waals surface area (Å²) in [6.07, 6.45) is 0. The lowest BCUT2D eigenvalue weighted by Crippen LogP contribution is -2.22. The van der Waals surface area contributed by atoms with Gasteiger partial charge in [-0.25, -0.2) is 4.39 Å². The number of carbonyl (C=O) groups is 1. The fraction of sp³-hybridized carbons (Fsp3) is 0.222. The molecule has 0 heterocycles. The van der Waals surface area contributed by atoms with Crippen molar-refractivity contribution in [3.8, 4) is 0 Å². The largest absolute Gasteiger partial charge is 0.468 e. The maximum absolute atomic E-state index is 13.0. The highest BCUT2D eigenvalue weighted by molar-refractivity contribution is 6.30. The molecule has 0 aliphatic heterocycles. The second-order valence-electron chi connectivity index (χ2n) is 2.67. The van der Waals surface area contributed by atoms with E-state index in [0.717, 1.165) is 6.07 Å². The summed E-state index contributed by atoms with van der Waals surface area (Å²) >= 11 is 5.47. The maximum Gasteiger partial charge on any atom is 0.327 e. The van der Waals surface area contributed by atoms with Crippen LogP contribution in [0.4, 0.5) is 4.39 Å². The summed E-state index contributed by atoms with van der Waals surface area (Å²) in [5.74, 6) is -1.23. The van der Waals surface area contributed by atoms with Crippen molar-refractivity contribution < 1.29 is 13.9 Å². The number of benzene rings is 1. The first-order chi connectivity index (χ1) is 6.56. The summed E-state index contributed by atoms with van der Waals surface area (Å²) in [7, 11) is 1.22. The van der Waals surface area contributed by atoms with E-state index in [1.807, 2.05) is 0 Å². The molecule has 0 amide bonds. The van der Waals surface area contributed by atoms with Crippen molar-refractivity contribution in [3.63, 3.8) is 0 Å². The zero-order valence-electron chi connectivity index (χ0n) is 7.46. The summed E-state index contributed by atoms with van der Waals surface area (Å²) < 4.78 is 17.4. The molecule has 76 valence electrons. The van der Waals surface area contributed by atoms with Gasteiger partial charge in [-0.2, -0.15) is 0 Å². The fourth-order valence-electron chi connectivity index (χ4n) is 0.969. The van der Waals surface area contributed by atoms with Crippen LogP contribution in [-0.4, -0.2) is 13.1 Å². The number of esters is 1. The van der Waals surface area contributed by atoms with Crippen LogP contribution in [0, 0.1) is 5.82 Å². The summed E-state index contributed by atoms with van der Waals surface area (Å²) in [4.78, 5) is 11.0. The Morgan fingerprint density at radius 3 is 2.79 bits per heavy atom. The van der Waals surface area contributed by atoms with Gasteiger partial charge in [0, 0.05) is 0 Å². The molecule has 3 nitrogen and oxygen atoms in total. The third-order valence-corrected chi connectivity index (χ3v) is 2.06. The minimum Gasteiger partial charge on any atom is -0.468 e. The molecular formula is C9H9ClFNO2. The first-order valence-corrected chi connectivity index (χ1v) is 4.22. The summed E-state index contributed by atoms with van der Waals surface area (Å²) in [6.45, 7) is 0. The normalized spacial score (nSPS) is 12.3. The Balaban J connectivity index is 2.96. The molecule has 0 saturated carbocycles. The van der Waals surface area contributed by atoms with E-state index >= 15 is 0 Å². The molecule has 0 saturated heterocycles. The van der Waals surface area contributed by atoms with E-state index in [1.54, 1.807) is 0 Å². The first kappa shape index (κ1) is 10.9. The highest BCUT2D eigenvalue weighted by Crippen LogP contribution is 2.19. The molecule has 0 aliphatic rings. The minimum absolute atomic E-state index is 0.00850. The average molecular weight is 218 g/mol. The Bertz CT molecular complexity index is 357. The van der Waals surface area contributed by atoms with E-state index in [0.29, 0.717) is 5.56 Å². The lowest BCUT2D eigenvalue weighted by Gasteiger charge is -2.09. The number of hydrogen-bond acceptors (Lipinski definition) is 3. The molecule has 5 heteroatoms. The van der Waals surface area contributed by atoms with Gasteiger partial charge in [0.25, 0.3) is 0 Å². The molecular weight excluding hydrogens is 209 g/mol. The van der Waals surface area contributed by atoms with Gasteiger partial charge < -0.3 is 10.5 Å². The number of rotatable bonds is 2. The second-order valence-corrected chi connectivity index (χ2v) is 3.08. The molecule has 0 aliphatic carbocycles. The molecule has 0 fully saturated rings. The van der Waals surface area contributed by atoms with E-state index < -0.39 is 17.8 Å². The molecule has 14 heavy (non-hydrogen) atoms. The van der Waals surface area contributed by atoms with Crippen LogP contribution in [0.3, 0.4) is 0 Å². The van der Waals surface area contributed by atoms with E-state index in [4.69, 9.17) is 17.3 Å². The number of carbonyl (C=O) groups excluding carboxylic acids is 1. The van der Waals surface area contributed by atoms with Gasteiger partial charge in [0.15, 0.2) is 0 Å². The van der Waals surface area contributed by atoms with Crippen LogP contribution in [0.2, 0.25) is 5.02 Å². The van der Waals surface area contributed by atoms with Crippen molar-refractivity contribution >= 4 is 17.6 Å². The molecule has 0 bridgehead atoms. The van der Waals surface area contributed by atoms with Crippen LogP contribution in [0.5, 0.6) is 0 Å². The average Bonchev–Trinajstić information content (AvgIpc) is 2.20. The third-order valence-electron chi connectivity index (χ3n) is 1.76. The van der Waals surface area contributed by atoms with Gasteiger partial charge in [-0.1, -0.05) is 17.7 Å². The van der Waals surface area contributed by atoms with Gasteiger partial charge >= 0.3 is 5.97 Å². The standard InChI is InChI=1S/C9H9ClFNO2/c1-14-9(13)8(12)5-2-3-6(10)7(11)4-5/h2-4,8H,12H2,1H3/t8-/m0/s1. The number of ether oxygens (including phenoxy) is 1. The topological polar surface area (TPSA) is 52.3 Å². The van der Waals surface area contributed by atoms with E-state index in [1.165, 1.54) is 19.2 Å². The lowest BCUT2D eigenvalue weighted by molar-refractivity contribution is -0.142. The number of hydrogen-bond donors (Lipinski definition) is 1. The maximum atomic E-state index is 13.0. The van der Waals surface area contributed by atoms with Crippen molar-refractivity contribution in [1.82, 2.24) is 0 Å². The SMILES string of the molecule is COC(=O)[C@@H](N)c1ccc(Cl)c(F)c1. The van der Waals surface area contributed by atoms with Crippen LogP contribution in [0.1, 0.15) is 11.6 Å². The number of methoxy groups -OCH3 is 1. The van der Waals surface area contributed by atoms with Crippen molar-refractivity contribution in [2.45, 2.75) is 6.04 Å². The molecule has 1 aromatic rings. The van der Waals surface area contributed by atoms with Crippen LogP contribution >= 0.6 is 11.6 Å². The van der Waals surface area contributed by atoms with Crippen molar-refractivity contribution in [1.29, 1.82) is 0 Å². The highest BCUT2D eigenvalue weighted by atomic mass is 35.5. The smallest absolute Gasteiger partial charge is 0.327 e. The van der Waals surface area contributed by atoms with Gasteiger partial charge in [-0.05, 0) is 17.7 Å². The zero-order valence-corrected chi connectivity index (χ0v) is 8.22. The van der Waals surface area contributed by atoms with Crippen molar-refractivity contribution in [2.24, 2.45) is 5.73 Å². The quantitative estimate of drug-likeness (QED) is 0.767. The predicted molar refractivity (Wildman–Crippen MR) is 50.4 cm³/mol. The summed E-state index contributed by atoms with van der Waals surface area (Å²) in [5, 5.41) is -0.00850. The predicted octanol–water partition coefficient (Wildman–Crippen LogP) is 1.65. The molecule has 1 rings (SSSR count). The summed E-state index contributed by atoms with van der Waals surface area (Å²) in [5.41, 5.74) is 5.82. The number of nitrogens with two attached hydrogens (primary N) is 1. The van der Waals surface area contributed by atoms with Crippen molar-refractivity contribution in [3.05, 3.63) is 34.6 Å². The minimum atomic E-state index is -0.980. The van der Waals surface area contributed by atoms with E-state index in [-0.39, 0.29) is 5.02 Å². The molecule has 1 aromatic carbocycles. The van der Waals surface area contributed by atoms with Crippen molar-refractivity contribution in [2.75, 3.05) is 7.11 Å². The van der Waals surface area contributed by atoms with E-state index in [2.05, 4.69) is 4.74 Å². The van der Waals surface area contributed by atoms with Crippen LogP contribution in [0.25, 0.3) is 0 Å². The van der Waals surface area contributed by atoms with Gasteiger partial charge in [-0.15, -0.1) is 0 Å². The number of halogens is 2. The molecule has 1 atom stereocenters. The van der Waals surface area contributed by atoms with Crippen LogP contribution < -0.4 is 5.73 Å². The second kappa shape index (κ2) is 4.39. The van der Waals surface area contributed by atoms with Crippen LogP contribution in [-0.2, 0) is 9.53 Å². The molecule has 2 N–H and O–H groups in total. The molecule has 0 radical (unpaired) electrons. The Hall–Kier alpha value is -1.13. The first-order valence-electron chi connectivity index (χ1n) is 3.84. The van der Waals surface area contributed by atoms with Gasteiger partial charge in [0.1, 0.15) is 11.9 Å². The van der Waals surface area contributed by atoms with Gasteiger partial charge in [0.05, 0.1) is 12.1 Å². The van der Waals surface area contributed by atoms with Crippen LogP contribution in [0.15, 0.2) is 18.2 Å².